The van der Waals surface area contributed by atoms with Gasteiger partial charge in [0, 0.05) is 13.1 Å². The molecule has 0 fully saturated rings. The molecule has 0 saturated heterocycles. The molecule has 182 valence electrons. The lowest BCUT2D eigenvalue weighted by atomic mass is 10.1. The Morgan fingerprint density at radius 3 is 2.41 bits per heavy atom. The zero-order valence-electron chi connectivity index (χ0n) is 19.2. The second-order valence-corrected chi connectivity index (χ2v) is 10.2. The number of aromatic nitrogens is 1. The molecule has 3 rings (SSSR count). The molecule has 0 aliphatic heterocycles. The van der Waals surface area contributed by atoms with Crippen LogP contribution in [0.3, 0.4) is 0 Å². The zero-order valence-corrected chi connectivity index (χ0v) is 20.0. The van der Waals surface area contributed by atoms with Crippen LogP contribution in [0.1, 0.15) is 42.9 Å². The number of ketones is 1. The monoisotopic (exact) mass is 487 g/mol. The maximum Gasteiger partial charge on any atom is 0.408 e. The molecule has 10 heteroatoms. The summed E-state index contributed by atoms with van der Waals surface area (Å²) in [6.45, 7) is 3.68. The average Bonchev–Trinajstić information content (AvgIpc) is 3.24. The van der Waals surface area contributed by atoms with Crippen molar-refractivity contribution in [1.29, 1.82) is 0 Å². The van der Waals surface area contributed by atoms with Crippen LogP contribution in [0, 0.1) is 5.92 Å². The Hall–Kier alpha value is -3.24. The highest BCUT2D eigenvalue weighted by atomic mass is 32.2. The lowest BCUT2D eigenvalue weighted by Gasteiger charge is -2.28. The molecular formula is C24H29N3O6S. The number of nitrogens with one attached hydrogen (secondary N) is 1. The number of carbonyl (C=O) groups excluding carboxylic acids is 1. The summed E-state index contributed by atoms with van der Waals surface area (Å²) in [6, 6.07) is 16.2. The van der Waals surface area contributed by atoms with Crippen molar-refractivity contribution >= 4 is 33.0 Å². The summed E-state index contributed by atoms with van der Waals surface area (Å²) in [5.41, 5.74) is 1.73. The normalized spacial score (nSPS) is 12.7. The number of carboxylic acid groups (broad SMARTS) is 1. The topological polar surface area (TPSA) is 130 Å². The Balaban J connectivity index is 1.85. The van der Waals surface area contributed by atoms with Gasteiger partial charge in [-0.05, 0) is 42.9 Å². The van der Waals surface area contributed by atoms with Crippen molar-refractivity contribution in [3.63, 3.8) is 0 Å². The summed E-state index contributed by atoms with van der Waals surface area (Å²) in [6.07, 6.45) is -0.0210. The second-order valence-electron chi connectivity index (χ2n) is 8.39. The number of carbonyl (C=O) groups is 2. The Labute approximate surface area is 198 Å². The van der Waals surface area contributed by atoms with Crippen molar-refractivity contribution in [2.24, 2.45) is 5.92 Å². The van der Waals surface area contributed by atoms with Gasteiger partial charge in [-0.3, -0.25) is 9.69 Å². The molecule has 34 heavy (non-hydrogen) atoms. The van der Waals surface area contributed by atoms with E-state index >= 15 is 0 Å². The first-order chi connectivity index (χ1) is 16.2. The number of rotatable bonds is 12. The number of Topliss-reactive ketones (excluding diaryl/α,β-unsaturated/α-hetero) is 1. The number of amides is 1. The van der Waals surface area contributed by atoms with E-state index in [0.29, 0.717) is 35.3 Å². The van der Waals surface area contributed by atoms with E-state index in [-0.39, 0.29) is 19.0 Å². The predicted octanol–water partition coefficient (Wildman–Crippen LogP) is 3.91. The van der Waals surface area contributed by atoms with E-state index in [1.54, 1.807) is 24.3 Å². The first-order valence-electron chi connectivity index (χ1n) is 11.1. The zero-order chi connectivity index (χ0) is 24.7. The molecule has 0 spiro atoms. The molecule has 1 amide bonds. The highest BCUT2D eigenvalue weighted by molar-refractivity contribution is 7.90. The van der Waals surface area contributed by atoms with Crippen LogP contribution >= 0.6 is 0 Å². The van der Waals surface area contributed by atoms with Crippen LogP contribution in [0.15, 0.2) is 59.0 Å². The van der Waals surface area contributed by atoms with Crippen molar-refractivity contribution in [3.8, 4) is 0 Å². The second kappa shape index (κ2) is 11.3. The van der Waals surface area contributed by atoms with Crippen molar-refractivity contribution in [2.75, 3.05) is 13.1 Å². The van der Waals surface area contributed by atoms with Crippen molar-refractivity contribution in [3.05, 3.63) is 66.1 Å². The molecule has 0 radical (unpaired) electrons. The minimum absolute atomic E-state index is 0.0478. The Bertz CT molecular complexity index is 1190. The maximum atomic E-state index is 13.3. The Kier molecular flexibility index (Phi) is 8.41. The predicted molar refractivity (Wildman–Crippen MR) is 128 cm³/mol. The lowest BCUT2D eigenvalue weighted by molar-refractivity contribution is 0.0832. The summed E-state index contributed by atoms with van der Waals surface area (Å²) in [7, 11) is -4.41. The molecule has 0 aliphatic carbocycles. The Morgan fingerprint density at radius 1 is 1.09 bits per heavy atom. The number of fused-ring (bicyclic) bond motifs is 1. The number of hydrogen-bond acceptors (Lipinski definition) is 6. The fourth-order valence-corrected chi connectivity index (χ4v) is 4.97. The van der Waals surface area contributed by atoms with E-state index < -0.39 is 33.2 Å². The van der Waals surface area contributed by atoms with Gasteiger partial charge in [0.15, 0.2) is 5.58 Å². The minimum atomic E-state index is -4.41. The third-order valence-electron chi connectivity index (χ3n) is 5.29. The van der Waals surface area contributed by atoms with Gasteiger partial charge in [0.1, 0.15) is 5.52 Å². The van der Waals surface area contributed by atoms with Gasteiger partial charge in [0.2, 0.25) is 15.4 Å². The van der Waals surface area contributed by atoms with E-state index in [2.05, 4.69) is 9.71 Å². The number of benzene rings is 2. The third kappa shape index (κ3) is 6.42. The molecule has 9 nitrogen and oxygen atoms in total. The molecule has 2 aromatic carbocycles. The number of para-hydroxylation sites is 2. The fourth-order valence-electron chi connectivity index (χ4n) is 3.47. The molecule has 0 aliphatic rings. The summed E-state index contributed by atoms with van der Waals surface area (Å²) in [5.74, 6) is -1.38. The van der Waals surface area contributed by atoms with Gasteiger partial charge >= 0.3 is 6.09 Å². The first-order valence-corrected chi connectivity index (χ1v) is 12.7. The van der Waals surface area contributed by atoms with Gasteiger partial charge in [-0.15, -0.1) is 0 Å². The van der Waals surface area contributed by atoms with E-state index in [9.17, 15) is 23.1 Å². The van der Waals surface area contributed by atoms with Crippen LogP contribution in [0.4, 0.5) is 4.79 Å². The molecule has 2 N–H and O–H groups in total. The smallest absolute Gasteiger partial charge is 0.408 e. The van der Waals surface area contributed by atoms with Gasteiger partial charge in [-0.25, -0.2) is 22.9 Å². The highest BCUT2D eigenvalue weighted by Crippen LogP contribution is 2.21. The molecule has 0 bridgehead atoms. The molecule has 0 saturated carbocycles. The third-order valence-corrected chi connectivity index (χ3v) is 6.95. The number of hydrogen-bond donors (Lipinski definition) is 2. The van der Waals surface area contributed by atoms with Crippen LogP contribution in [0.2, 0.25) is 0 Å². The minimum Gasteiger partial charge on any atom is -0.465 e. The summed E-state index contributed by atoms with van der Waals surface area (Å²) >= 11 is 0. The molecular weight excluding hydrogens is 458 g/mol. The Morgan fingerprint density at radius 2 is 1.76 bits per heavy atom. The van der Waals surface area contributed by atoms with Crippen molar-refractivity contribution in [2.45, 2.75) is 38.5 Å². The van der Waals surface area contributed by atoms with Crippen LogP contribution in [-0.2, 0) is 16.4 Å². The van der Waals surface area contributed by atoms with E-state index in [1.165, 1.54) is 0 Å². The number of aryl methyl sites for hydroxylation is 1. The molecule has 1 heterocycles. The first kappa shape index (κ1) is 25.4. The van der Waals surface area contributed by atoms with E-state index in [4.69, 9.17) is 4.42 Å². The quantitative estimate of drug-likeness (QED) is 0.293. The van der Waals surface area contributed by atoms with Gasteiger partial charge in [0.25, 0.3) is 11.7 Å². The van der Waals surface area contributed by atoms with Gasteiger partial charge < -0.3 is 9.52 Å². The van der Waals surface area contributed by atoms with Crippen LogP contribution in [0.25, 0.3) is 11.1 Å². The van der Waals surface area contributed by atoms with Crippen molar-refractivity contribution < 1.29 is 27.5 Å². The summed E-state index contributed by atoms with van der Waals surface area (Å²) < 4.78 is 34.4. The SMILES string of the molecule is CC(C)CCN(C(=O)O)[C@H](C(=O)c1nc2ccccc2o1)S(=O)(=O)NCCCc1ccccc1. The van der Waals surface area contributed by atoms with E-state index in [0.717, 1.165) is 5.56 Å². The maximum absolute atomic E-state index is 13.3. The van der Waals surface area contributed by atoms with Gasteiger partial charge in [0.05, 0.1) is 0 Å². The molecule has 1 atom stereocenters. The molecule has 3 aromatic rings. The lowest BCUT2D eigenvalue weighted by Crippen LogP contribution is -2.53. The van der Waals surface area contributed by atoms with Crippen LogP contribution < -0.4 is 4.72 Å². The largest absolute Gasteiger partial charge is 0.465 e. The molecule has 0 unspecified atom stereocenters. The number of oxazole rings is 1. The molecule has 1 aromatic heterocycles. The standard InChI is InChI=1S/C24H29N3O6S/c1-17(2)14-16-27(24(29)30)23(21(28)22-26-19-12-6-7-13-20(19)33-22)34(31,32)25-15-8-11-18-9-4-3-5-10-18/h3-7,9-10,12-13,17,23,25H,8,11,14-16H2,1-2H3,(H,29,30)/t23-/m0/s1. The highest BCUT2D eigenvalue weighted by Gasteiger charge is 2.43. The number of sulfonamides is 1. The fraction of sp³-hybridized carbons (Fsp3) is 0.375. The van der Waals surface area contributed by atoms with Crippen LogP contribution in [0.5, 0.6) is 0 Å². The summed E-state index contributed by atoms with van der Waals surface area (Å²) in [5, 5.41) is 7.79. The summed E-state index contributed by atoms with van der Waals surface area (Å²) in [4.78, 5) is 30.1. The number of nitrogens with zero attached hydrogens (tertiary/aromatic N) is 2. The van der Waals surface area contributed by atoms with Gasteiger partial charge in [-0.1, -0.05) is 56.3 Å². The van der Waals surface area contributed by atoms with Crippen molar-refractivity contribution in [1.82, 2.24) is 14.6 Å². The van der Waals surface area contributed by atoms with Crippen LogP contribution in [-0.4, -0.2) is 53.7 Å². The van der Waals surface area contributed by atoms with E-state index in [1.807, 2.05) is 44.2 Å². The average molecular weight is 488 g/mol. The van der Waals surface area contributed by atoms with Gasteiger partial charge in [-0.2, -0.15) is 0 Å².